The molecule has 0 spiro atoms. The number of carbonyl (C=O) groups excluding carboxylic acids is 1. The molecule has 124 valence electrons. The minimum absolute atomic E-state index is 0.146. The van der Waals surface area contributed by atoms with E-state index in [0.29, 0.717) is 26.4 Å². The molecule has 2 aromatic heterocycles. The van der Waals surface area contributed by atoms with Crippen LogP contribution in [0.4, 0.5) is 10.2 Å². The maximum absolute atomic E-state index is 13.9. The van der Waals surface area contributed by atoms with Gasteiger partial charge in [0.05, 0.1) is 22.8 Å². The van der Waals surface area contributed by atoms with Gasteiger partial charge in [-0.1, -0.05) is 17.7 Å². The first-order valence-corrected chi connectivity index (χ1v) is 8.07. The summed E-state index contributed by atoms with van der Waals surface area (Å²) in [6, 6.07) is 4.49. The number of amides is 1. The minimum Gasteiger partial charge on any atom is -0.304 e. The number of halogens is 3. The van der Waals surface area contributed by atoms with Crippen molar-refractivity contribution in [2.24, 2.45) is 7.05 Å². The normalized spacial score (nSPS) is 10.8. The van der Waals surface area contributed by atoms with Crippen LogP contribution in [-0.4, -0.2) is 25.5 Å². The zero-order chi connectivity index (χ0) is 17.3. The number of nitrogens with zero attached hydrogens (tertiary/aromatic N) is 4. The molecule has 9 heteroatoms. The molecule has 6 nitrogen and oxygen atoms in total. The highest BCUT2D eigenvalue weighted by Crippen LogP contribution is 2.24. The van der Waals surface area contributed by atoms with Gasteiger partial charge in [-0.05, 0) is 28.1 Å². The maximum Gasteiger partial charge on any atom is 0.260 e. The lowest BCUT2D eigenvalue weighted by atomic mass is 10.2. The van der Waals surface area contributed by atoms with Crippen molar-refractivity contribution >= 4 is 39.3 Å². The molecule has 0 saturated heterocycles. The van der Waals surface area contributed by atoms with Gasteiger partial charge in [-0.25, -0.2) is 4.39 Å². The van der Waals surface area contributed by atoms with E-state index in [1.807, 2.05) is 0 Å². The van der Waals surface area contributed by atoms with E-state index in [1.165, 1.54) is 21.6 Å². The summed E-state index contributed by atoms with van der Waals surface area (Å²) in [5.74, 6) is -0.413. The summed E-state index contributed by atoms with van der Waals surface area (Å²) in [7, 11) is 1.72. The summed E-state index contributed by atoms with van der Waals surface area (Å²) >= 11 is 9.35. The monoisotopic (exact) mass is 411 g/mol. The average Bonchev–Trinajstić information content (AvgIpc) is 3.10. The topological polar surface area (TPSA) is 64.7 Å². The molecule has 0 radical (unpaired) electrons. The minimum atomic E-state index is -0.407. The van der Waals surface area contributed by atoms with Crippen molar-refractivity contribution in [3.63, 3.8) is 0 Å². The Hall–Kier alpha value is -2.19. The lowest BCUT2D eigenvalue weighted by Crippen LogP contribution is -2.12. The molecule has 0 saturated carbocycles. The molecular weight excluding hydrogens is 401 g/mol. The molecule has 0 fully saturated rings. The summed E-state index contributed by atoms with van der Waals surface area (Å²) in [5.41, 5.74) is 0.746. The number of hydrogen-bond donors (Lipinski definition) is 1. The van der Waals surface area contributed by atoms with Crippen molar-refractivity contribution in [2.45, 2.75) is 6.54 Å². The van der Waals surface area contributed by atoms with Gasteiger partial charge in [-0.3, -0.25) is 14.2 Å². The predicted octanol–water partition coefficient (Wildman–Crippen LogP) is 3.47. The van der Waals surface area contributed by atoms with E-state index < -0.39 is 5.82 Å². The van der Waals surface area contributed by atoms with Gasteiger partial charge >= 0.3 is 0 Å². The second-order valence-corrected chi connectivity index (χ2v) is 6.34. The van der Waals surface area contributed by atoms with Crippen molar-refractivity contribution < 1.29 is 9.18 Å². The van der Waals surface area contributed by atoms with Gasteiger partial charge in [0.2, 0.25) is 0 Å². The van der Waals surface area contributed by atoms with Crippen LogP contribution >= 0.6 is 27.5 Å². The van der Waals surface area contributed by atoms with Crippen molar-refractivity contribution in [3.05, 3.63) is 63.2 Å². The number of anilines is 1. The van der Waals surface area contributed by atoms with Crippen LogP contribution in [-0.2, 0) is 13.6 Å². The summed E-state index contributed by atoms with van der Waals surface area (Å²) in [5, 5.41) is 11.2. The number of hydrogen-bond acceptors (Lipinski definition) is 3. The van der Waals surface area contributed by atoms with E-state index in [2.05, 4.69) is 31.4 Å². The Morgan fingerprint density at radius 1 is 1.42 bits per heavy atom. The molecule has 0 aliphatic carbocycles. The number of aromatic nitrogens is 4. The first-order chi connectivity index (χ1) is 11.4. The van der Waals surface area contributed by atoms with Gasteiger partial charge in [-0.15, -0.1) is 0 Å². The van der Waals surface area contributed by atoms with Crippen molar-refractivity contribution in [1.82, 2.24) is 19.6 Å². The number of aryl methyl sites for hydroxylation is 1. The zero-order valence-corrected chi connectivity index (χ0v) is 14.8. The standard InChI is InChI=1S/C15H12BrClFN5O/c1-22-6-9(5-19-22)15(24)20-14-11(16)8-23(21-14)7-10-12(17)3-2-4-13(10)18/h2-6,8H,7H2,1H3,(H,20,21,24). The smallest absolute Gasteiger partial charge is 0.260 e. The molecule has 3 rings (SSSR count). The third-order valence-corrected chi connectivity index (χ3v) is 4.23. The van der Waals surface area contributed by atoms with Gasteiger partial charge in [0.15, 0.2) is 5.82 Å². The van der Waals surface area contributed by atoms with Gasteiger partial charge < -0.3 is 5.32 Å². The highest BCUT2D eigenvalue weighted by Gasteiger charge is 2.15. The lowest BCUT2D eigenvalue weighted by molar-refractivity contribution is 0.102. The Bertz CT molecular complexity index is 887. The molecule has 3 aromatic rings. The summed E-state index contributed by atoms with van der Waals surface area (Å²) in [6.45, 7) is 0.146. The summed E-state index contributed by atoms with van der Waals surface area (Å²) < 4.78 is 17.5. The van der Waals surface area contributed by atoms with Crippen molar-refractivity contribution in [1.29, 1.82) is 0 Å². The Labute approximate surface area is 150 Å². The Balaban J connectivity index is 1.79. The molecule has 1 amide bonds. The van der Waals surface area contributed by atoms with Crippen LogP contribution in [0.15, 0.2) is 41.3 Å². The maximum atomic E-state index is 13.9. The number of benzene rings is 1. The van der Waals surface area contributed by atoms with Crippen LogP contribution in [0.25, 0.3) is 0 Å². The average molecular weight is 413 g/mol. The summed E-state index contributed by atoms with van der Waals surface area (Å²) in [4.78, 5) is 12.1. The van der Waals surface area contributed by atoms with Crippen LogP contribution in [0.5, 0.6) is 0 Å². The van der Waals surface area contributed by atoms with Crippen LogP contribution in [0.2, 0.25) is 5.02 Å². The van der Waals surface area contributed by atoms with Crippen LogP contribution < -0.4 is 5.32 Å². The largest absolute Gasteiger partial charge is 0.304 e. The predicted molar refractivity (Wildman–Crippen MR) is 91.6 cm³/mol. The highest BCUT2D eigenvalue weighted by atomic mass is 79.9. The van der Waals surface area contributed by atoms with Gasteiger partial charge in [-0.2, -0.15) is 10.2 Å². The fraction of sp³-hybridized carbons (Fsp3) is 0.133. The Morgan fingerprint density at radius 2 is 2.21 bits per heavy atom. The number of carbonyl (C=O) groups is 1. The Kier molecular flexibility index (Phi) is 4.68. The fourth-order valence-electron chi connectivity index (χ4n) is 2.13. The van der Waals surface area contributed by atoms with Crippen LogP contribution in [0.3, 0.4) is 0 Å². The molecule has 1 N–H and O–H groups in total. The first-order valence-electron chi connectivity index (χ1n) is 6.90. The van der Waals surface area contributed by atoms with Crippen LogP contribution in [0, 0.1) is 5.82 Å². The molecule has 24 heavy (non-hydrogen) atoms. The van der Waals surface area contributed by atoms with Crippen molar-refractivity contribution in [2.75, 3.05) is 5.32 Å². The molecule has 0 unspecified atom stereocenters. The van der Waals surface area contributed by atoms with E-state index in [1.54, 1.807) is 31.6 Å². The molecule has 0 aliphatic rings. The molecule has 0 atom stereocenters. The second kappa shape index (κ2) is 6.74. The highest BCUT2D eigenvalue weighted by molar-refractivity contribution is 9.10. The van der Waals surface area contributed by atoms with Gasteiger partial charge in [0, 0.05) is 30.0 Å². The Morgan fingerprint density at radius 3 is 2.88 bits per heavy atom. The SMILES string of the molecule is Cn1cc(C(=O)Nc2nn(Cc3c(F)cccc3Cl)cc2Br)cn1. The lowest BCUT2D eigenvalue weighted by Gasteiger charge is -2.05. The third kappa shape index (κ3) is 3.49. The van der Waals surface area contributed by atoms with E-state index in [9.17, 15) is 9.18 Å². The third-order valence-electron chi connectivity index (χ3n) is 3.30. The number of rotatable bonds is 4. The first kappa shape index (κ1) is 16.7. The van der Waals surface area contributed by atoms with E-state index >= 15 is 0 Å². The van der Waals surface area contributed by atoms with Crippen LogP contribution in [0.1, 0.15) is 15.9 Å². The quantitative estimate of drug-likeness (QED) is 0.713. The molecule has 2 heterocycles. The fourth-order valence-corrected chi connectivity index (χ4v) is 2.76. The van der Waals surface area contributed by atoms with Gasteiger partial charge in [0.1, 0.15) is 5.82 Å². The van der Waals surface area contributed by atoms with Gasteiger partial charge in [0.25, 0.3) is 5.91 Å². The zero-order valence-electron chi connectivity index (χ0n) is 12.5. The molecule has 0 bridgehead atoms. The second-order valence-electron chi connectivity index (χ2n) is 5.08. The van der Waals surface area contributed by atoms with E-state index in [-0.39, 0.29) is 12.5 Å². The molecular formula is C15H12BrClFN5O. The van der Waals surface area contributed by atoms with Crippen molar-refractivity contribution in [3.8, 4) is 0 Å². The summed E-state index contributed by atoms with van der Waals surface area (Å²) in [6.07, 6.45) is 4.69. The van der Waals surface area contributed by atoms with E-state index in [0.717, 1.165) is 0 Å². The molecule has 0 aliphatic heterocycles. The molecule has 1 aromatic carbocycles. The van der Waals surface area contributed by atoms with E-state index in [4.69, 9.17) is 11.6 Å². The number of nitrogens with one attached hydrogen (secondary N) is 1.